The van der Waals surface area contributed by atoms with Gasteiger partial charge in [0.2, 0.25) is 10.0 Å². The summed E-state index contributed by atoms with van der Waals surface area (Å²) in [5, 5.41) is 2.14. The van der Waals surface area contributed by atoms with E-state index < -0.39 is 51.5 Å². The lowest BCUT2D eigenvalue weighted by atomic mass is 10.2. The van der Waals surface area contributed by atoms with Gasteiger partial charge in [0.25, 0.3) is 17.7 Å². The molecular weight excluding hydrogens is 446 g/mol. The Kier molecular flexibility index (Phi) is 7.15. The lowest BCUT2D eigenvalue weighted by molar-refractivity contribution is -0.120. The van der Waals surface area contributed by atoms with Gasteiger partial charge < -0.3 is 5.32 Å². The number of rotatable bonds is 6. The van der Waals surface area contributed by atoms with Crippen LogP contribution in [-0.2, 0) is 14.8 Å². The lowest BCUT2D eigenvalue weighted by Crippen LogP contribution is -2.46. The number of carbonyl (C=O) groups excluding carboxylic acids is 3. The average Bonchev–Trinajstić information content (AvgIpc) is 3.32. The minimum atomic E-state index is -3.61. The molecule has 3 amide bonds. The second kappa shape index (κ2) is 9.83. The Morgan fingerprint density at radius 2 is 1.56 bits per heavy atom. The lowest BCUT2D eigenvalue weighted by Gasteiger charge is -2.15. The molecule has 1 saturated heterocycles. The SMILES string of the molecule is O=C(CNC(=O)c1ccc(F)cc1F)NNC(=O)c1ccc(S(=O)(=O)N2CCCC2)cc1. The van der Waals surface area contributed by atoms with E-state index in [4.69, 9.17) is 0 Å². The minimum absolute atomic E-state index is 0.0655. The van der Waals surface area contributed by atoms with Crippen LogP contribution in [0.2, 0.25) is 0 Å². The topological polar surface area (TPSA) is 125 Å². The van der Waals surface area contributed by atoms with Gasteiger partial charge in [0.05, 0.1) is 17.0 Å². The minimum Gasteiger partial charge on any atom is -0.343 e. The molecule has 0 spiro atoms. The number of nitrogens with one attached hydrogen (secondary N) is 3. The Bertz CT molecular complexity index is 1130. The largest absolute Gasteiger partial charge is 0.343 e. The van der Waals surface area contributed by atoms with Crippen LogP contribution in [0.15, 0.2) is 47.4 Å². The first-order valence-electron chi connectivity index (χ1n) is 9.61. The molecule has 0 aliphatic carbocycles. The first-order valence-corrected chi connectivity index (χ1v) is 11.0. The van der Waals surface area contributed by atoms with Crippen molar-refractivity contribution in [3.8, 4) is 0 Å². The van der Waals surface area contributed by atoms with E-state index in [9.17, 15) is 31.6 Å². The highest BCUT2D eigenvalue weighted by molar-refractivity contribution is 7.89. The van der Waals surface area contributed by atoms with Gasteiger partial charge in [-0.3, -0.25) is 25.2 Å². The van der Waals surface area contributed by atoms with E-state index in [1.165, 1.54) is 28.6 Å². The van der Waals surface area contributed by atoms with Crippen molar-refractivity contribution in [2.24, 2.45) is 0 Å². The van der Waals surface area contributed by atoms with Crippen LogP contribution in [0.5, 0.6) is 0 Å². The van der Waals surface area contributed by atoms with E-state index in [1.54, 1.807) is 0 Å². The molecule has 3 rings (SSSR count). The zero-order valence-corrected chi connectivity index (χ0v) is 17.5. The normalized spacial score (nSPS) is 14.1. The van der Waals surface area contributed by atoms with E-state index in [0.29, 0.717) is 19.2 Å². The highest BCUT2D eigenvalue weighted by Gasteiger charge is 2.27. The maximum Gasteiger partial charge on any atom is 0.269 e. The highest BCUT2D eigenvalue weighted by atomic mass is 32.2. The average molecular weight is 466 g/mol. The summed E-state index contributed by atoms with van der Waals surface area (Å²) >= 11 is 0. The van der Waals surface area contributed by atoms with E-state index in [-0.39, 0.29) is 10.5 Å². The van der Waals surface area contributed by atoms with Crippen molar-refractivity contribution in [1.82, 2.24) is 20.5 Å². The van der Waals surface area contributed by atoms with Gasteiger partial charge in [-0.1, -0.05) is 0 Å². The van der Waals surface area contributed by atoms with E-state index in [0.717, 1.165) is 25.0 Å². The predicted octanol–water partition coefficient (Wildman–Crippen LogP) is 0.940. The molecule has 0 aromatic heterocycles. The van der Waals surface area contributed by atoms with Gasteiger partial charge in [-0.15, -0.1) is 0 Å². The molecule has 9 nitrogen and oxygen atoms in total. The monoisotopic (exact) mass is 466 g/mol. The van der Waals surface area contributed by atoms with Crippen molar-refractivity contribution >= 4 is 27.7 Å². The Morgan fingerprint density at radius 3 is 2.19 bits per heavy atom. The van der Waals surface area contributed by atoms with Crippen LogP contribution in [0.3, 0.4) is 0 Å². The Balaban J connectivity index is 1.49. The van der Waals surface area contributed by atoms with Gasteiger partial charge in [0.15, 0.2) is 0 Å². The summed E-state index contributed by atoms with van der Waals surface area (Å²) in [7, 11) is -3.61. The molecule has 170 valence electrons. The molecule has 0 radical (unpaired) electrons. The molecule has 2 aromatic carbocycles. The Hall–Kier alpha value is -3.38. The molecule has 0 saturated carbocycles. The van der Waals surface area contributed by atoms with Crippen molar-refractivity contribution in [3.05, 3.63) is 65.2 Å². The number of hydrazine groups is 1. The zero-order valence-electron chi connectivity index (χ0n) is 16.7. The maximum absolute atomic E-state index is 13.6. The quantitative estimate of drug-likeness (QED) is 0.547. The Labute approximate surface area is 182 Å². The van der Waals surface area contributed by atoms with E-state index in [2.05, 4.69) is 16.2 Å². The number of nitrogens with zero attached hydrogens (tertiary/aromatic N) is 1. The second-order valence-electron chi connectivity index (χ2n) is 6.94. The number of hydrogen-bond donors (Lipinski definition) is 3. The van der Waals surface area contributed by atoms with Crippen LogP contribution in [0.25, 0.3) is 0 Å². The molecule has 32 heavy (non-hydrogen) atoms. The third kappa shape index (κ3) is 5.45. The zero-order chi connectivity index (χ0) is 23.3. The smallest absolute Gasteiger partial charge is 0.269 e. The summed E-state index contributed by atoms with van der Waals surface area (Å²) in [6.07, 6.45) is 1.61. The first-order chi connectivity index (χ1) is 15.2. The molecule has 0 unspecified atom stereocenters. The number of sulfonamides is 1. The van der Waals surface area contributed by atoms with Crippen LogP contribution in [0.1, 0.15) is 33.6 Å². The van der Waals surface area contributed by atoms with Gasteiger partial charge in [0, 0.05) is 24.7 Å². The van der Waals surface area contributed by atoms with E-state index in [1.807, 2.05) is 0 Å². The van der Waals surface area contributed by atoms with Crippen LogP contribution >= 0.6 is 0 Å². The Morgan fingerprint density at radius 1 is 0.906 bits per heavy atom. The van der Waals surface area contributed by atoms with Crippen molar-refractivity contribution in [2.75, 3.05) is 19.6 Å². The van der Waals surface area contributed by atoms with E-state index >= 15 is 0 Å². The van der Waals surface area contributed by atoms with Crippen LogP contribution in [-0.4, -0.2) is 50.1 Å². The molecule has 12 heteroatoms. The van der Waals surface area contributed by atoms with Gasteiger partial charge in [-0.05, 0) is 49.2 Å². The summed E-state index contributed by atoms with van der Waals surface area (Å²) in [4.78, 5) is 35.9. The molecule has 1 heterocycles. The summed E-state index contributed by atoms with van der Waals surface area (Å²) in [5.41, 5.74) is 3.85. The molecular formula is C20H20F2N4O5S. The first kappa shape index (κ1) is 23.3. The van der Waals surface area contributed by atoms with Crippen molar-refractivity contribution < 1.29 is 31.6 Å². The highest BCUT2D eigenvalue weighted by Crippen LogP contribution is 2.21. The fraction of sp³-hybridized carbons (Fsp3) is 0.250. The predicted molar refractivity (Wildman–Crippen MR) is 109 cm³/mol. The van der Waals surface area contributed by atoms with Gasteiger partial charge in [0.1, 0.15) is 11.6 Å². The molecule has 1 aliphatic heterocycles. The van der Waals surface area contributed by atoms with Crippen molar-refractivity contribution in [1.29, 1.82) is 0 Å². The van der Waals surface area contributed by atoms with Gasteiger partial charge >= 0.3 is 0 Å². The molecule has 3 N–H and O–H groups in total. The third-order valence-corrected chi connectivity index (χ3v) is 6.63. The molecule has 0 atom stereocenters. The van der Waals surface area contributed by atoms with Crippen molar-refractivity contribution in [3.63, 3.8) is 0 Å². The summed E-state index contributed by atoms with van der Waals surface area (Å²) in [6.45, 7) is 0.338. The maximum atomic E-state index is 13.6. The third-order valence-electron chi connectivity index (χ3n) is 4.72. The second-order valence-corrected chi connectivity index (χ2v) is 8.88. The number of halogens is 2. The van der Waals surface area contributed by atoms with Crippen molar-refractivity contribution in [2.45, 2.75) is 17.7 Å². The van der Waals surface area contributed by atoms with Gasteiger partial charge in [-0.25, -0.2) is 17.2 Å². The molecule has 1 fully saturated rings. The van der Waals surface area contributed by atoms with Crippen LogP contribution < -0.4 is 16.2 Å². The fourth-order valence-corrected chi connectivity index (χ4v) is 4.55. The molecule has 1 aliphatic rings. The number of benzene rings is 2. The van der Waals surface area contributed by atoms with Gasteiger partial charge in [-0.2, -0.15) is 4.31 Å². The fourth-order valence-electron chi connectivity index (χ4n) is 3.03. The summed E-state index contributed by atoms with van der Waals surface area (Å²) < 4.78 is 52.8. The van der Waals surface area contributed by atoms with Crippen LogP contribution in [0.4, 0.5) is 8.78 Å². The molecule has 0 bridgehead atoms. The standard InChI is InChI=1S/C20H20F2N4O5S/c21-14-5-8-16(17(22)11-14)20(29)23-12-18(27)24-25-19(28)13-3-6-15(7-4-13)32(30,31)26-9-1-2-10-26/h3-8,11H,1-2,9-10,12H2,(H,23,29)(H,24,27)(H,25,28). The van der Waals surface area contributed by atoms with Crippen LogP contribution in [0, 0.1) is 11.6 Å². The number of amides is 3. The summed E-state index contributed by atoms with van der Waals surface area (Å²) in [5.74, 6) is -4.37. The number of carbonyl (C=O) groups is 3. The molecule has 2 aromatic rings. The number of hydrogen-bond acceptors (Lipinski definition) is 5. The summed E-state index contributed by atoms with van der Waals surface area (Å²) in [6, 6.07) is 7.61.